The molecule has 4 N–H and O–H groups in total. The fraction of sp³-hybridized carbons (Fsp3) is 0.276. The maximum absolute atomic E-state index is 12.7. The molecule has 0 aromatic heterocycles. The van der Waals surface area contributed by atoms with E-state index in [1.165, 1.54) is 0 Å². The molecule has 1 amide bonds. The maximum atomic E-state index is 12.7. The summed E-state index contributed by atoms with van der Waals surface area (Å²) in [5.41, 5.74) is 4.15. The molecule has 7 heteroatoms. The van der Waals surface area contributed by atoms with Gasteiger partial charge in [0.15, 0.2) is 0 Å². The van der Waals surface area contributed by atoms with Gasteiger partial charge in [0.25, 0.3) is 5.91 Å². The van der Waals surface area contributed by atoms with E-state index in [9.17, 15) is 9.59 Å². The average Bonchev–Trinajstić information content (AvgIpc) is 2.92. The summed E-state index contributed by atoms with van der Waals surface area (Å²) in [6.07, 6.45) is 0.866. The fourth-order valence-corrected chi connectivity index (χ4v) is 3.88. The molecule has 0 radical (unpaired) electrons. The van der Waals surface area contributed by atoms with E-state index in [-0.39, 0.29) is 24.5 Å². The summed E-state index contributed by atoms with van der Waals surface area (Å²) in [5, 5.41) is 12.0. The Labute approximate surface area is 212 Å². The molecule has 0 fully saturated rings. The van der Waals surface area contributed by atoms with E-state index in [2.05, 4.69) is 17.4 Å². The van der Waals surface area contributed by atoms with Crippen molar-refractivity contribution in [3.63, 3.8) is 0 Å². The number of likely N-dealkylation sites (N-methyl/N-ethyl adjacent to an activating group) is 1. The van der Waals surface area contributed by atoms with Gasteiger partial charge in [0, 0.05) is 12.6 Å². The van der Waals surface area contributed by atoms with Crippen molar-refractivity contribution in [2.45, 2.75) is 39.3 Å². The second-order valence-electron chi connectivity index (χ2n) is 8.80. The summed E-state index contributed by atoms with van der Waals surface area (Å²) in [5.74, 6) is 4.06. The minimum atomic E-state index is -0.574. The highest BCUT2D eigenvalue weighted by Crippen LogP contribution is 2.21. The number of carbonyl (C=O) groups excluding carboxylic acids is 2. The highest BCUT2D eigenvalue weighted by Gasteiger charge is 2.24. The Morgan fingerprint density at radius 2 is 1.50 bits per heavy atom. The zero-order valence-electron chi connectivity index (χ0n) is 20.8. The molecule has 0 aliphatic heterocycles. The number of ether oxygens (including phenoxy) is 1. The minimum absolute atomic E-state index is 0.200. The van der Waals surface area contributed by atoms with Crippen molar-refractivity contribution in [3.05, 3.63) is 96.1 Å². The molecule has 0 bridgehead atoms. The first-order valence-electron chi connectivity index (χ1n) is 12.1. The number of rotatable bonds is 10. The lowest BCUT2D eigenvalue weighted by Crippen LogP contribution is -2.49. The third-order valence-electron chi connectivity index (χ3n) is 5.99. The summed E-state index contributed by atoms with van der Waals surface area (Å²) in [6, 6.07) is 27.3. The molecule has 3 rings (SSSR count). The fourth-order valence-electron chi connectivity index (χ4n) is 3.88. The Kier molecular flexibility index (Phi) is 9.77. The number of benzene rings is 3. The van der Waals surface area contributed by atoms with Gasteiger partial charge in [-0.05, 0) is 42.0 Å². The van der Waals surface area contributed by atoms with Crippen molar-refractivity contribution >= 4 is 17.7 Å². The van der Waals surface area contributed by atoms with Gasteiger partial charge in [-0.15, -0.1) is 0 Å². The SMILES string of the molecule is CCN(N)C(=N)C(=O)NC(Cc1ccc(-c2ccccc2)cc1)C[C@@H](C)C(=O)OCc1ccccc1. The molecule has 1 unspecified atom stereocenters. The normalized spacial score (nSPS) is 12.3. The smallest absolute Gasteiger partial charge is 0.309 e. The van der Waals surface area contributed by atoms with Crippen LogP contribution in [0.2, 0.25) is 0 Å². The Balaban J connectivity index is 1.68. The van der Waals surface area contributed by atoms with Gasteiger partial charge in [-0.25, -0.2) is 5.84 Å². The van der Waals surface area contributed by atoms with Gasteiger partial charge in [0.2, 0.25) is 5.84 Å². The number of amides is 1. The molecule has 0 spiro atoms. The van der Waals surface area contributed by atoms with Crippen LogP contribution in [0.3, 0.4) is 0 Å². The molecule has 3 aromatic rings. The summed E-state index contributed by atoms with van der Waals surface area (Å²) < 4.78 is 5.49. The first-order chi connectivity index (χ1) is 17.4. The van der Waals surface area contributed by atoms with Crippen LogP contribution in [0, 0.1) is 11.3 Å². The highest BCUT2D eigenvalue weighted by molar-refractivity contribution is 6.36. The molecule has 0 aliphatic rings. The Hall–Kier alpha value is -3.97. The van der Waals surface area contributed by atoms with Crippen molar-refractivity contribution < 1.29 is 14.3 Å². The van der Waals surface area contributed by atoms with Crippen LogP contribution >= 0.6 is 0 Å². The Morgan fingerprint density at radius 3 is 2.11 bits per heavy atom. The Morgan fingerprint density at radius 1 is 0.917 bits per heavy atom. The summed E-state index contributed by atoms with van der Waals surface area (Å²) >= 11 is 0. The van der Waals surface area contributed by atoms with Crippen LogP contribution < -0.4 is 11.2 Å². The van der Waals surface area contributed by atoms with Crippen molar-refractivity contribution in [2.75, 3.05) is 6.54 Å². The van der Waals surface area contributed by atoms with Crippen molar-refractivity contribution in [2.24, 2.45) is 11.8 Å². The van der Waals surface area contributed by atoms with Crippen molar-refractivity contribution in [1.82, 2.24) is 10.3 Å². The van der Waals surface area contributed by atoms with Gasteiger partial charge in [0.05, 0.1) is 5.92 Å². The highest BCUT2D eigenvalue weighted by atomic mass is 16.5. The third-order valence-corrected chi connectivity index (χ3v) is 5.99. The van der Waals surface area contributed by atoms with Crippen molar-refractivity contribution in [1.29, 1.82) is 5.41 Å². The molecule has 0 aliphatic carbocycles. The second kappa shape index (κ2) is 13.2. The standard InChI is InChI=1S/C29H34N4O3/c1-3-33(31)27(30)28(34)32-26(18-21(2)29(35)36-20-23-10-6-4-7-11-23)19-22-14-16-25(17-15-22)24-12-8-5-9-13-24/h4-17,21,26,30H,3,18-20,31H2,1-2H3,(H,32,34)/t21-,26?/m1/s1. The molecule has 36 heavy (non-hydrogen) atoms. The largest absolute Gasteiger partial charge is 0.461 e. The number of hydrazine groups is 1. The minimum Gasteiger partial charge on any atom is -0.461 e. The molecule has 0 saturated heterocycles. The lowest BCUT2D eigenvalue weighted by molar-refractivity contribution is -0.149. The second-order valence-corrected chi connectivity index (χ2v) is 8.80. The zero-order chi connectivity index (χ0) is 25.9. The number of hydrogen-bond acceptors (Lipinski definition) is 5. The van der Waals surface area contributed by atoms with E-state index < -0.39 is 11.8 Å². The molecule has 2 atom stereocenters. The summed E-state index contributed by atoms with van der Waals surface area (Å²) in [4.78, 5) is 25.3. The average molecular weight is 487 g/mol. The van der Waals surface area contributed by atoms with E-state index in [1.54, 1.807) is 13.8 Å². The third kappa shape index (κ3) is 7.78. The summed E-state index contributed by atoms with van der Waals surface area (Å²) in [6.45, 7) is 4.08. The molecular weight excluding hydrogens is 452 g/mol. The predicted molar refractivity (Wildman–Crippen MR) is 142 cm³/mol. The monoisotopic (exact) mass is 486 g/mol. The zero-order valence-corrected chi connectivity index (χ0v) is 20.8. The topological polar surface area (TPSA) is 109 Å². The number of amidine groups is 1. The van der Waals surface area contributed by atoms with Crippen LogP contribution in [0.5, 0.6) is 0 Å². The number of carbonyl (C=O) groups is 2. The predicted octanol–water partition coefficient (Wildman–Crippen LogP) is 4.32. The lowest BCUT2D eigenvalue weighted by Gasteiger charge is -2.24. The van der Waals surface area contributed by atoms with Crippen LogP contribution in [0.25, 0.3) is 11.1 Å². The van der Waals surface area contributed by atoms with Crippen LogP contribution in [0.1, 0.15) is 31.4 Å². The molecule has 0 heterocycles. The van der Waals surface area contributed by atoms with E-state index >= 15 is 0 Å². The van der Waals surface area contributed by atoms with Crippen LogP contribution in [0.15, 0.2) is 84.9 Å². The van der Waals surface area contributed by atoms with Gasteiger partial charge in [0.1, 0.15) is 6.61 Å². The number of nitrogens with two attached hydrogens (primary N) is 1. The van der Waals surface area contributed by atoms with Crippen LogP contribution in [0.4, 0.5) is 0 Å². The quantitative estimate of drug-likeness (QED) is 0.130. The van der Waals surface area contributed by atoms with E-state index in [1.807, 2.05) is 72.8 Å². The van der Waals surface area contributed by atoms with Gasteiger partial charge in [-0.3, -0.25) is 20.0 Å². The number of nitrogens with one attached hydrogen (secondary N) is 2. The van der Waals surface area contributed by atoms with Gasteiger partial charge < -0.3 is 10.1 Å². The molecule has 0 saturated carbocycles. The number of nitrogens with zero attached hydrogens (tertiary/aromatic N) is 1. The van der Waals surface area contributed by atoms with Gasteiger partial charge >= 0.3 is 5.97 Å². The first-order valence-corrected chi connectivity index (χ1v) is 12.1. The van der Waals surface area contributed by atoms with E-state index in [0.29, 0.717) is 19.4 Å². The van der Waals surface area contributed by atoms with E-state index in [4.69, 9.17) is 16.0 Å². The lowest BCUT2D eigenvalue weighted by atomic mass is 9.94. The molecule has 7 nitrogen and oxygen atoms in total. The summed E-state index contributed by atoms with van der Waals surface area (Å²) in [7, 11) is 0. The number of hydrogen-bond donors (Lipinski definition) is 3. The van der Waals surface area contributed by atoms with Gasteiger partial charge in [-0.2, -0.15) is 0 Å². The van der Waals surface area contributed by atoms with Crippen molar-refractivity contribution in [3.8, 4) is 11.1 Å². The van der Waals surface area contributed by atoms with Crippen LogP contribution in [-0.4, -0.2) is 35.3 Å². The van der Waals surface area contributed by atoms with Crippen LogP contribution in [-0.2, 0) is 27.4 Å². The first kappa shape index (κ1) is 26.6. The van der Waals surface area contributed by atoms with Gasteiger partial charge in [-0.1, -0.05) is 91.9 Å². The maximum Gasteiger partial charge on any atom is 0.309 e. The Bertz CT molecular complexity index is 1130. The molecule has 3 aromatic carbocycles. The molecular formula is C29H34N4O3. The number of esters is 1. The molecule has 188 valence electrons. The van der Waals surface area contributed by atoms with E-state index in [0.717, 1.165) is 27.3 Å².